The first kappa shape index (κ1) is 19.9. The summed E-state index contributed by atoms with van der Waals surface area (Å²) in [4.78, 5) is 28.5. The molecule has 0 spiro atoms. The predicted octanol–water partition coefficient (Wildman–Crippen LogP) is 2.34. The molecule has 150 valence electrons. The lowest BCUT2D eigenvalue weighted by Crippen LogP contribution is -2.48. The fraction of sp³-hybridized carbons (Fsp3) is 0.500. The Hall–Kier alpha value is -2.90. The molecule has 3 rings (SSSR count). The zero-order chi connectivity index (χ0) is 19.9. The maximum Gasteiger partial charge on any atom is 0.318 e. The Morgan fingerprint density at radius 3 is 2.39 bits per heavy atom. The maximum atomic E-state index is 12.4. The molecule has 2 aromatic rings. The van der Waals surface area contributed by atoms with Crippen molar-refractivity contribution in [3.8, 4) is 5.75 Å². The number of rotatable bonds is 8. The standard InChI is InChI=1S/C20H26N4O4/c1-3-18-21-22-20(28-18)24-13-11-23(12-14-24)19(26)6-4-5-17(25)15-7-9-16(27-2)10-8-15/h7-10H,3-6,11-14H2,1-2H3. The van der Waals surface area contributed by atoms with Gasteiger partial charge in [-0.25, -0.2) is 0 Å². The monoisotopic (exact) mass is 386 g/mol. The molecule has 0 atom stereocenters. The minimum Gasteiger partial charge on any atom is -0.497 e. The zero-order valence-corrected chi connectivity index (χ0v) is 16.4. The van der Waals surface area contributed by atoms with E-state index in [2.05, 4.69) is 10.2 Å². The van der Waals surface area contributed by atoms with E-state index in [4.69, 9.17) is 9.15 Å². The van der Waals surface area contributed by atoms with E-state index in [1.165, 1.54) is 0 Å². The van der Waals surface area contributed by atoms with Crippen molar-refractivity contribution in [3.05, 3.63) is 35.7 Å². The minimum atomic E-state index is 0.0448. The smallest absolute Gasteiger partial charge is 0.318 e. The zero-order valence-electron chi connectivity index (χ0n) is 16.4. The van der Waals surface area contributed by atoms with Crippen LogP contribution in [0.4, 0.5) is 6.01 Å². The first-order valence-corrected chi connectivity index (χ1v) is 9.63. The van der Waals surface area contributed by atoms with Crippen molar-refractivity contribution in [3.63, 3.8) is 0 Å². The number of Topliss-reactive ketones (excluding diaryl/α,β-unsaturated/α-hetero) is 1. The minimum absolute atomic E-state index is 0.0448. The number of hydrogen-bond acceptors (Lipinski definition) is 7. The number of hydrogen-bond donors (Lipinski definition) is 0. The summed E-state index contributed by atoms with van der Waals surface area (Å²) in [5, 5.41) is 8.03. The number of methoxy groups -OCH3 is 1. The quantitative estimate of drug-likeness (QED) is 0.643. The molecule has 8 heteroatoms. The normalized spacial score (nSPS) is 14.2. The van der Waals surface area contributed by atoms with Crippen LogP contribution in [0.1, 0.15) is 42.4 Å². The Labute approximate surface area is 164 Å². The second-order valence-corrected chi connectivity index (χ2v) is 6.70. The van der Waals surface area contributed by atoms with E-state index < -0.39 is 0 Å². The van der Waals surface area contributed by atoms with E-state index in [1.807, 2.05) is 16.7 Å². The molecular formula is C20H26N4O4. The van der Waals surface area contributed by atoms with Crippen LogP contribution in [0, 0.1) is 0 Å². The molecular weight excluding hydrogens is 360 g/mol. The van der Waals surface area contributed by atoms with Crippen molar-refractivity contribution in [2.75, 3.05) is 38.2 Å². The molecule has 1 saturated heterocycles. The topological polar surface area (TPSA) is 88.8 Å². The Morgan fingerprint density at radius 2 is 1.79 bits per heavy atom. The molecule has 0 N–H and O–H groups in total. The average molecular weight is 386 g/mol. The van der Waals surface area contributed by atoms with Crippen LogP contribution in [0.25, 0.3) is 0 Å². The Kier molecular flexibility index (Phi) is 6.62. The number of amides is 1. The number of aryl methyl sites for hydroxylation is 1. The van der Waals surface area contributed by atoms with Crippen molar-refractivity contribution in [1.82, 2.24) is 15.1 Å². The molecule has 1 aliphatic heterocycles. The highest BCUT2D eigenvalue weighted by atomic mass is 16.5. The number of benzene rings is 1. The SMILES string of the molecule is CCc1nnc(N2CCN(C(=O)CCCC(=O)c3ccc(OC)cc3)CC2)o1. The van der Waals surface area contributed by atoms with Gasteiger partial charge in [0.1, 0.15) is 5.75 Å². The first-order chi connectivity index (χ1) is 13.6. The predicted molar refractivity (Wildman–Crippen MR) is 104 cm³/mol. The second-order valence-electron chi connectivity index (χ2n) is 6.70. The summed E-state index contributed by atoms with van der Waals surface area (Å²) in [6.07, 6.45) is 2.00. The highest BCUT2D eigenvalue weighted by Gasteiger charge is 2.24. The van der Waals surface area contributed by atoms with Gasteiger partial charge in [0.05, 0.1) is 7.11 Å². The fourth-order valence-electron chi connectivity index (χ4n) is 3.14. The van der Waals surface area contributed by atoms with Crippen molar-refractivity contribution in [2.45, 2.75) is 32.6 Å². The van der Waals surface area contributed by atoms with Crippen molar-refractivity contribution < 1.29 is 18.7 Å². The summed E-state index contributed by atoms with van der Waals surface area (Å²) in [5.74, 6) is 1.47. The molecule has 2 heterocycles. The highest BCUT2D eigenvalue weighted by molar-refractivity contribution is 5.96. The first-order valence-electron chi connectivity index (χ1n) is 9.63. The largest absolute Gasteiger partial charge is 0.497 e. The van der Waals surface area contributed by atoms with Crippen LogP contribution in [0.2, 0.25) is 0 Å². The van der Waals surface area contributed by atoms with Crippen molar-refractivity contribution >= 4 is 17.7 Å². The lowest BCUT2D eigenvalue weighted by Gasteiger charge is -2.33. The summed E-state index contributed by atoms with van der Waals surface area (Å²) in [6.45, 7) is 4.54. The van der Waals surface area contributed by atoms with Gasteiger partial charge in [0.25, 0.3) is 0 Å². The number of aromatic nitrogens is 2. The lowest BCUT2D eigenvalue weighted by molar-refractivity contribution is -0.131. The third kappa shape index (κ3) is 4.88. The third-order valence-electron chi connectivity index (χ3n) is 4.87. The van der Waals surface area contributed by atoms with Gasteiger partial charge in [0, 0.05) is 51.0 Å². The highest BCUT2D eigenvalue weighted by Crippen LogP contribution is 2.17. The van der Waals surface area contributed by atoms with E-state index in [9.17, 15) is 9.59 Å². The number of carbonyl (C=O) groups is 2. The van der Waals surface area contributed by atoms with E-state index in [1.54, 1.807) is 31.4 Å². The van der Waals surface area contributed by atoms with Crippen LogP contribution in [0.3, 0.4) is 0 Å². The average Bonchev–Trinajstić information content (AvgIpc) is 3.23. The van der Waals surface area contributed by atoms with Gasteiger partial charge >= 0.3 is 6.01 Å². The van der Waals surface area contributed by atoms with Gasteiger partial charge in [-0.05, 0) is 30.7 Å². The fourth-order valence-corrected chi connectivity index (χ4v) is 3.14. The molecule has 28 heavy (non-hydrogen) atoms. The molecule has 8 nitrogen and oxygen atoms in total. The number of carbonyl (C=O) groups excluding carboxylic acids is 2. The molecule has 1 amide bonds. The molecule has 1 aromatic carbocycles. The van der Waals surface area contributed by atoms with E-state index in [0.717, 1.165) is 5.75 Å². The van der Waals surface area contributed by atoms with Gasteiger partial charge in [-0.2, -0.15) is 0 Å². The van der Waals surface area contributed by atoms with Crippen molar-refractivity contribution in [1.29, 1.82) is 0 Å². The van der Waals surface area contributed by atoms with Crippen LogP contribution < -0.4 is 9.64 Å². The number of piperazine rings is 1. The Bertz CT molecular complexity index is 795. The molecule has 0 unspecified atom stereocenters. The van der Waals surface area contributed by atoms with Crippen LogP contribution in [0.5, 0.6) is 5.75 Å². The summed E-state index contributed by atoms with van der Waals surface area (Å²) in [5.41, 5.74) is 0.646. The van der Waals surface area contributed by atoms with E-state index in [-0.39, 0.29) is 11.7 Å². The second kappa shape index (κ2) is 9.34. The van der Waals surface area contributed by atoms with Gasteiger partial charge in [0.2, 0.25) is 11.8 Å². The summed E-state index contributed by atoms with van der Waals surface area (Å²) >= 11 is 0. The molecule has 1 aromatic heterocycles. The third-order valence-corrected chi connectivity index (χ3v) is 4.87. The van der Waals surface area contributed by atoms with Crippen LogP contribution in [-0.2, 0) is 11.2 Å². The van der Waals surface area contributed by atoms with Gasteiger partial charge < -0.3 is 19.0 Å². The number of ether oxygens (including phenoxy) is 1. The molecule has 0 aliphatic carbocycles. The summed E-state index contributed by atoms with van der Waals surface area (Å²) in [6, 6.07) is 7.57. The van der Waals surface area contributed by atoms with Gasteiger partial charge in [-0.15, -0.1) is 5.10 Å². The number of nitrogens with zero attached hydrogens (tertiary/aromatic N) is 4. The molecule has 0 saturated carbocycles. The molecule has 1 fully saturated rings. The van der Waals surface area contributed by atoms with Gasteiger partial charge in [0.15, 0.2) is 5.78 Å². The summed E-state index contributed by atoms with van der Waals surface area (Å²) < 4.78 is 10.7. The van der Waals surface area contributed by atoms with Crippen LogP contribution in [-0.4, -0.2) is 60.1 Å². The van der Waals surface area contributed by atoms with Crippen LogP contribution >= 0.6 is 0 Å². The molecule has 0 bridgehead atoms. The Morgan fingerprint density at radius 1 is 1.07 bits per heavy atom. The lowest BCUT2D eigenvalue weighted by atomic mass is 10.0. The van der Waals surface area contributed by atoms with Crippen LogP contribution in [0.15, 0.2) is 28.7 Å². The van der Waals surface area contributed by atoms with E-state index >= 15 is 0 Å². The van der Waals surface area contributed by atoms with Gasteiger partial charge in [-0.1, -0.05) is 12.0 Å². The maximum absolute atomic E-state index is 12.4. The number of anilines is 1. The van der Waals surface area contributed by atoms with Gasteiger partial charge in [-0.3, -0.25) is 9.59 Å². The van der Waals surface area contributed by atoms with Crippen molar-refractivity contribution in [2.24, 2.45) is 0 Å². The Balaban J connectivity index is 1.40. The molecule has 0 radical (unpaired) electrons. The summed E-state index contributed by atoms with van der Waals surface area (Å²) in [7, 11) is 1.59. The van der Waals surface area contributed by atoms with E-state index in [0.29, 0.717) is 69.3 Å². The number of ketones is 1. The molecule has 1 aliphatic rings.